The van der Waals surface area contributed by atoms with E-state index in [9.17, 15) is 23.3 Å². The molecule has 1 rings (SSSR count). The molecule has 0 saturated carbocycles. The zero-order valence-electron chi connectivity index (χ0n) is 14.4. The topological polar surface area (TPSA) is 125 Å². The summed E-state index contributed by atoms with van der Waals surface area (Å²) in [5.74, 6) is -1.68. The lowest BCUT2D eigenvalue weighted by atomic mass is 9.90. The Bertz CT molecular complexity index is 753. The zero-order valence-corrected chi connectivity index (χ0v) is 16.0. The molecule has 1 amide bonds. The van der Waals surface area contributed by atoms with Gasteiger partial charge in [-0.3, -0.25) is 9.59 Å². The van der Waals surface area contributed by atoms with Gasteiger partial charge in [-0.2, -0.15) is 9.98 Å². The Hall–Kier alpha value is -1.96. The molecular formula is C15H21N3O5S2. The summed E-state index contributed by atoms with van der Waals surface area (Å²) in [5, 5.41) is 13.3. The highest BCUT2D eigenvalue weighted by Crippen LogP contribution is 2.16. The second kappa shape index (κ2) is 8.42. The Kier molecular flexibility index (Phi) is 7.10. The van der Waals surface area contributed by atoms with E-state index in [4.69, 9.17) is 4.74 Å². The maximum atomic E-state index is 12.1. The van der Waals surface area contributed by atoms with Crippen LogP contribution < -0.4 is 10.0 Å². The highest BCUT2D eigenvalue weighted by Gasteiger charge is 2.32. The summed E-state index contributed by atoms with van der Waals surface area (Å²) >= 11 is 1.01. The molecule has 2 atom stereocenters. The van der Waals surface area contributed by atoms with Gasteiger partial charge in [0, 0.05) is 0 Å². The Balaban J connectivity index is 2.57. The normalized spacial score (nSPS) is 15.0. The monoisotopic (exact) mass is 387 g/mol. The first-order valence-electron chi connectivity index (χ1n) is 7.47. The number of rotatable bonds is 8. The van der Waals surface area contributed by atoms with Crippen LogP contribution in [0, 0.1) is 17.2 Å². The van der Waals surface area contributed by atoms with Crippen molar-refractivity contribution in [3.8, 4) is 6.07 Å². The minimum Gasteiger partial charge on any atom is -0.452 e. The van der Waals surface area contributed by atoms with Crippen molar-refractivity contribution >= 4 is 33.2 Å². The number of hydrogen-bond donors (Lipinski definition) is 2. The molecular weight excluding hydrogens is 366 g/mol. The molecule has 138 valence electrons. The van der Waals surface area contributed by atoms with Crippen LogP contribution in [-0.4, -0.2) is 38.5 Å². The van der Waals surface area contributed by atoms with Gasteiger partial charge in [0.1, 0.15) is 16.3 Å². The SMILES string of the molecule is CC(OC(=O)CNS(=O)(=O)c1cccs1)C(=O)NC(C)(C#N)C(C)C. The van der Waals surface area contributed by atoms with Crippen molar-refractivity contribution in [3.05, 3.63) is 17.5 Å². The predicted molar refractivity (Wildman–Crippen MR) is 92.1 cm³/mol. The molecule has 1 aromatic heterocycles. The van der Waals surface area contributed by atoms with Crippen LogP contribution in [0.4, 0.5) is 0 Å². The molecule has 0 aromatic carbocycles. The van der Waals surface area contributed by atoms with E-state index in [1.54, 1.807) is 32.2 Å². The smallest absolute Gasteiger partial charge is 0.321 e. The van der Waals surface area contributed by atoms with Crippen LogP contribution >= 0.6 is 11.3 Å². The minimum absolute atomic E-state index is 0.0767. The van der Waals surface area contributed by atoms with E-state index in [1.165, 1.54) is 13.0 Å². The molecule has 1 heterocycles. The lowest BCUT2D eigenvalue weighted by molar-refractivity contribution is -0.154. The van der Waals surface area contributed by atoms with Crippen molar-refractivity contribution in [1.29, 1.82) is 5.26 Å². The number of carbonyl (C=O) groups excluding carboxylic acids is 2. The van der Waals surface area contributed by atoms with Gasteiger partial charge in [0.15, 0.2) is 6.10 Å². The number of amides is 1. The molecule has 0 fully saturated rings. The van der Waals surface area contributed by atoms with Crippen molar-refractivity contribution in [3.63, 3.8) is 0 Å². The Morgan fingerprint density at radius 2 is 2.04 bits per heavy atom. The third kappa shape index (κ3) is 5.81. The number of thiophene rings is 1. The van der Waals surface area contributed by atoms with Crippen LogP contribution in [0.15, 0.2) is 21.7 Å². The number of hydrogen-bond acceptors (Lipinski definition) is 7. The summed E-state index contributed by atoms with van der Waals surface area (Å²) in [6.45, 7) is 5.87. The standard InChI is InChI=1S/C15H21N3O5S2/c1-10(2)15(4,9-16)18-14(20)11(3)23-12(19)8-17-25(21,22)13-6-5-7-24-13/h5-7,10-11,17H,8H2,1-4H3,(H,18,20). The molecule has 8 nitrogen and oxygen atoms in total. The number of esters is 1. The van der Waals surface area contributed by atoms with Gasteiger partial charge in [-0.05, 0) is 31.2 Å². The maximum absolute atomic E-state index is 12.1. The molecule has 1 aromatic rings. The van der Waals surface area contributed by atoms with Crippen LogP contribution in [0.5, 0.6) is 0 Å². The maximum Gasteiger partial charge on any atom is 0.321 e. The van der Waals surface area contributed by atoms with Gasteiger partial charge in [-0.15, -0.1) is 11.3 Å². The fraction of sp³-hybridized carbons (Fsp3) is 0.533. The van der Waals surface area contributed by atoms with Gasteiger partial charge in [0.2, 0.25) is 0 Å². The van der Waals surface area contributed by atoms with Crippen LogP contribution in [0.3, 0.4) is 0 Å². The van der Waals surface area contributed by atoms with Gasteiger partial charge in [0.05, 0.1) is 6.07 Å². The predicted octanol–water partition coefficient (Wildman–Crippen LogP) is 1.01. The van der Waals surface area contributed by atoms with Crippen molar-refractivity contribution in [2.45, 2.75) is 43.5 Å². The molecule has 2 N–H and O–H groups in total. The van der Waals surface area contributed by atoms with Crippen molar-refractivity contribution < 1.29 is 22.7 Å². The lowest BCUT2D eigenvalue weighted by Gasteiger charge is -2.28. The van der Waals surface area contributed by atoms with Crippen LogP contribution in [0.1, 0.15) is 27.7 Å². The fourth-order valence-electron chi connectivity index (χ4n) is 1.59. The molecule has 25 heavy (non-hydrogen) atoms. The summed E-state index contributed by atoms with van der Waals surface area (Å²) in [4.78, 5) is 23.8. The highest BCUT2D eigenvalue weighted by atomic mass is 32.2. The summed E-state index contributed by atoms with van der Waals surface area (Å²) in [6.07, 6.45) is -1.16. The molecule has 2 unspecified atom stereocenters. The number of nitrogens with one attached hydrogen (secondary N) is 2. The second-order valence-corrected chi connectivity index (χ2v) is 8.79. The van der Waals surface area contributed by atoms with Crippen molar-refractivity contribution in [2.75, 3.05) is 6.54 Å². The number of sulfonamides is 1. The quantitative estimate of drug-likeness (QED) is 0.641. The molecule has 0 saturated heterocycles. The van der Waals surface area contributed by atoms with Crippen molar-refractivity contribution in [2.24, 2.45) is 5.92 Å². The average Bonchev–Trinajstić information content (AvgIpc) is 3.08. The van der Waals surface area contributed by atoms with E-state index in [2.05, 4.69) is 10.0 Å². The van der Waals surface area contributed by atoms with E-state index in [1.807, 2.05) is 6.07 Å². The number of ether oxygens (including phenoxy) is 1. The molecule has 0 radical (unpaired) electrons. The molecule has 10 heteroatoms. The summed E-state index contributed by atoms with van der Waals surface area (Å²) in [5.41, 5.74) is -1.10. The van der Waals surface area contributed by atoms with Gasteiger partial charge in [0.25, 0.3) is 15.9 Å². The Morgan fingerprint density at radius 3 is 2.52 bits per heavy atom. The van der Waals surface area contributed by atoms with Crippen LogP contribution in [0.2, 0.25) is 0 Å². The largest absolute Gasteiger partial charge is 0.452 e. The van der Waals surface area contributed by atoms with Gasteiger partial charge >= 0.3 is 5.97 Å². The third-order valence-electron chi connectivity index (χ3n) is 3.61. The van der Waals surface area contributed by atoms with E-state index < -0.39 is 40.1 Å². The molecule has 0 aliphatic heterocycles. The van der Waals surface area contributed by atoms with E-state index >= 15 is 0 Å². The van der Waals surface area contributed by atoms with Gasteiger partial charge in [-0.1, -0.05) is 19.9 Å². The summed E-state index contributed by atoms with van der Waals surface area (Å²) in [7, 11) is -3.79. The molecule has 0 spiro atoms. The molecule has 0 aliphatic rings. The van der Waals surface area contributed by atoms with Gasteiger partial charge in [-0.25, -0.2) is 8.42 Å². The molecule has 0 aliphatic carbocycles. The van der Waals surface area contributed by atoms with E-state index in [0.29, 0.717) is 0 Å². The summed E-state index contributed by atoms with van der Waals surface area (Å²) < 4.78 is 30.9. The fourth-order valence-corrected chi connectivity index (χ4v) is 3.60. The number of carbonyl (C=O) groups is 2. The molecule has 0 bridgehead atoms. The second-order valence-electron chi connectivity index (χ2n) is 5.85. The van der Waals surface area contributed by atoms with Crippen LogP contribution in [0.25, 0.3) is 0 Å². The van der Waals surface area contributed by atoms with E-state index in [-0.39, 0.29) is 10.1 Å². The van der Waals surface area contributed by atoms with E-state index in [0.717, 1.165) is 11.3 Å². The minimum atomic E-state index is -3.79. The van der Waals surface area contributed by atoms with Crippen LogP contribution in [-0.2, 0) is 24.3 Å². The lowest BCUT2D eigenvalue weighted by Crippen LogP contribution is -2.52. The third-order valence-corrected chi connectivity index (χ3v) is 6.41. The Morgan fingerprint density at radius 1 is 1.40 bits per heavy atom. The first-order valence-corrected chi connectivity index (χ1v) is 9.84. The van der Waals surface area contributed by atoms with Crippen molar-refractivity contribution in [1.82, 2.24) is 10.0 Å². The first kappa shape index (κ1) is 21.1. The zero-order chi connectivity index (χ0) is 19.3. The van der Waals surface area contributed by atoms with Gasteiger partial charge < -0.3 is 10.1 Å². The summed E-state index contributed by atoms with van der Waals surface area (Å²) in [6, 6.07) is 4.99. The number of nitrogens with zero attached hydrogens (tertiary/aromatic N) is 1. The first-order chi connectivity index (χ1) is 11.5. The number of nitriles is 1. The Labute approximate surface area is 151 Å². The highest BCUT2D eigenvalue weighted by molar-refractivity contribution is 7.91. The average molecular weight is 387 g/mol.